The molecule has 2 aliphatic rings. The molecule has 7 nitrogen and oxygen atoms in total. The Balaban J connectivity index is 1.81. The molecule has 4 rings (SSSR count). The molecule has 0 aromatic heterocycles. The van der Waals surface area contributed by atoms with Gasteiger partial charge in [-0.25, -0.2) is 4.79 Å². The molecule has 2 aromatic rings. The molecular formula is C31H40N2O5. The first-order chi connectivity index (χ1) is 17.9. The standard InChI is InChI=1S/C31H40N2O5/c1-19-10-12-22(13-11-19)25-21(3)24-18-33(29(35)28(34)32-15-8-7-9-16-32)17-14-23(24)20(2)26(25)27(30(36)37)38-31(4,5)6/h10-13,27H,7-9,14-18H2,1-6H3,(H,36,37)/t27-/m0/s1. The minimum absolute atomic E-state index is 0.331. The number of likely N-dealkylation sites (tertiary alicyclic amines) is 1. The van der Waals surface area contributed by atoms with E-state index in [9.17, 15) is 19.5 Å². The van der Waals surface area contributed by atoms with Gasteiger partial charge in [0.25, 0.3) is 0 Å². The van der Waals surface area contributed by atoms with Crippen LogP contribution in [0.1, 0.15) is 79.5 Å². The number of amides is 2. The Morgan fingerprint density at radius 2 is 1.45 bits per heavy atom. The molecule has 0 unspecified atom stereocenters. The zero-order valence-electron chi connectivity index (χ0n) is 23.5. The number of nitrogens with zero attached hydrogens (tertiary/aromatic N) is 2. The smallest absolute Gasteiger partial charge is 0.337 e. The van der Waals surface area contributed by atoms with E-state index in [1.54, 1.807) is 9.80 Å². The molecule has 204 valence electrons. The van der Waals surface area contributed by atoms with Gasteiger partial charge in [-0.15, -0.1) is 0 Å². The highest BCUT2D eigenvalue weighted by atomic mass is 16.5. The first kappa shape index (κ1) is 27.8. The van der Waals surface area contributed by atoms with Crippen molar-refractivity contribution in [2.24, 2.45) is 0 Å². The van der Waals surface area contributed by atoms with Crippen LogP contribution in [-0.2, 0) is 32.1 Å². The third kappa shape index (κ3) is 5.63. The second kappa shape index (κ2) is 10.9. The van der Waals surface area contributed by atoms with Crippen LogP contribution in [-0.4, -0.2) is 57.9 Å². The first-order valence-corrected chi connectivity index (χ1v) is 13.6. The molecule has 2 aliphatic heterocycles. The number of aryl methyl sites for hydroxylation is 1. The molecule has 0 radical (unpaired) electrons. The van der Waals surface area contributed by atoms with E-state index in [0.717, 1.165) is 58.2 Å². The highest BCUT2D eigenvalue weighted by Gasteiger charge is 2.36. The van der Waals surface area contributed by atoms with E-state index in [0.29, 0.717) is 38.2 Å². The number of hydrogen-bond acceptors (Lipinski definition) is 4. The number of ether oxygens (including phenoxy) is 1. The lowest BCUT2D eigenvalue weighted by atomic mass is 9.80. The Kier molecular flexibility index (Phi) is 7.98. The van der Waals surface area contributed by atoms with Crippen molar-refractivity contribution in [2.45, 2.75) is 85.5 Å². The van der Waals surface area contributed by atoms with Gasteiger partial charge in [0.05, 0.1) is 5.60 Å². The quantitative estimate of drug-likeness (QED) is 0.566. The summed E-state index contributed by atoms with van der Waals surface area (Å²) in [6.45, 7) is 13.6. The molecule has 1 N–H and O–H groups in total. The van der Waals surface area contributed by atoms with Crippen molar-refractivity contribution in [3.63, 3.8) is 0 Å². The molecule has 0 saturated carbocycles. The maximum Gasteiger partial charge on any atom is 0.337 e. The normalized spacial score (nSPS) is 16.7. The monoisotopic (exact) mass is 520 g/mol. The molecule has 1 saturated heterocycles. The topological polar surface area (TPSA) is 87.1 Å². The summed E-state index contributed by atoms with van der Waals surface area (Å²) in [5.41, 5.74) is 6.69. The van der Waals surface area contributed by atoms with Crippen LogP contribution in [0.2, 0.25) is 0 Å². The molecule has 0 bridgehead atoms. The van der Waals surface area contributed by atoms with Gasteiger partial charge in [0, 0.05) is 31.7 Å². The molecule has 2 heterocycles. The third-order valence-corrected chi connectivity index (χ3v) is 7.71. The molecule has 0 spiro atoms. The van der Waals surface area contributed by atoms with Crippen molar-refractivity contribution >= 4 is 17.8 Å². The Bertz CT molecular complexity index is 1240. The number of rotatable bonds is 4. The highest BCUT2D eigenvalue weighted by Crippen LogP contribution is 2.42. The molecular weight excluding hydrogens is 480 g/mol. The van der Waals surface area contributed by atoms with Crippen LogP contribution < -0.4 is 0 Å². The number of fused-ring (bicyclic) bond motifs is 1. The van der Waals surface area contributed by atoms with Crippen LogP contribution in [0.4, 0.5) is 0 Å². The summed E-state index contributed by atoms with van der Waals surface area (Å²) in [5.74, 6) is -1.90. The second-order valence-electron chi connectivity index (χ2n) is 11.6. The second-order valence-corrected chi connectivity index (χ2v) is 11.6. The van der Waals surface area contributed by atoms with Gasteiger partial charge in [0.2, 0.25) is 0 Å². The summed E-state index contributed by atoms with van der Waals surface area (Å²) in [5, 5.41) is 10.3. The maximum absolute atomic E-state index is 13.3. The van der Waals surface area contributed by atoms with Crippen LogP contribution in [0.15, 0.2) is 24.3 Å². The van der Waals surface area contributed by atoms with Crippen LogP contribution in [0, 0.1) is 20.8 Å². The number of hydrogen-bond donors (Lipinski definition) is 1. The van der Waals surface area contributed by atoms with Gasteiger partial charge >= 0.3 is 17.8 Å². The third-order valence-electron chi connectivity index (χ3n) is 7.71. The Morgan fingerprint density at radius 1 is 0.842 bits per heavy atom. The fraction of sp³-hybridized carbons (Fsp3) is 0.516. The Labute approximate surface area is 225 Å². The number of piperidine rings is 1. The van der Waals surface area contributed by atoms with E-state index in [2.05, 4.69) is 0 Å². The van der Waals surface area contributed by atoms with Gasteiger partial charge in [-0.1, -0.05) is 29.8 Å². The number of carboxylic acids is 1. The Morgan fingerprint density at radius 3 is 2.03 bits per heavy atom. The summed E-state index contributed by atoms with van der Waals surface area (Å²) in [4.78, 5) is 42.2. The van der Waals surface area contributed by atoms with E-state index in [1.165, 1.54) is 0 Å². The zero-order chi connectivity index (χ0) is 27.8. The van der Waals surface area contributed by atoms with E-state index >= 15 is 0 Å². The molecule has 1 atom stereocenters. The minimum Gasteiger partial charge on any atom is -0.479 e. The lowest BCUT2D eigenvalue weighted by Gasteiger charge is -2.36. The molecule has 38 heavy (non-hydrogen) atoms. The average molecular weight is 521 g/mol. The lowest BCUT2D eigenvalue weighted by Crippen LogP contribution is -2.48. The van der Waals surface area contributed by atoms with Crippen molar-refractivity contribution in [3.8, 4) is 11.1 Å². The first-order valence-electron chi connectivity index (χ1n) is 13.6. The number of aliphatic carboxylic acids is 1. The van der Waals surface area contributed by atoms with Crippen molar-refractivity contribution < 1.29 is 24.2 Å². The number of carbonyl (C=O) groups is 3. The number of carboxylic acid groups (broad SMARTS) is 1. The van der Waals surface area contributed by atoms with E-state index in [4.69, 9.17) is 4.74 Å². The molecule has 0 aliphatic carbocycles. The van der Waals surface area contributed by atoms with Crippen molar-refractivity contribution in [1.82, 2.24) is 9.80 Å². The van der Waals surface area contributed by atoms with Gasteiger partial charge in [-0.2, -0.15) is 0 Å². The van der Waals surface area contributed by atoms with Crippen molar-refractivity contribution in [1.29, 1.82) is 0 Å². The average Bonchev–Trinajstić information content (AvgIpc) is 2.88. The van der Waals surface area contributed by atoms with Crippen LogP contribution in [0.5, 0.6) is 0 Å². The molecule has 2 amide bonds. The number of benzene rings is 2. The fourth-order valence-corrected chi connectivity index (χ4v) is 5.77. The summed E-state index contributed by atoms with van der Waals surface area (Å²) in [6.07, 6.45) is 2.38. The van der Waals surface area contributed by atoms with Crippen molar-refractivity contribution in [3.05, 3.63) is 57.6 Å². The predicted octanol–water partition coefficient (Wildman–Crippen LogP) is 5.12. The Hall–Kier alpha value is -3.19. The van der Waals surface area contributed by atoms with Crippen molar-refractivity contribution in [2.75, 3.05) is 19.6 Å². The zero-order valence-corrected chi connectivity index (χ0v) is 23.5. The SMILES string of the molecule is Cc1ccc(-c2c(C)c3c(c(C)c2[C@H](OC(C)(C)C)C(=O)O)CCN(C(=O)C(=O)N2CCCCC2)C3)cc1. The predicted molar refractivity (Wildman–Crippen MR) is 147 cm³/mol. The van der Waals surface area contributed by atoms with Crippen LogP contribution in [0.3, 0.4) is 0 Å². The maximum atomic E-state index is 13.3. The van der Waals surface area contributed by atoms with Crippen LogP contribution in [0.25, 0.3) is 11.1 Å². The van der Waals surface area contributed by atoms with Gasteiger partial charge in [-0.3, -0.25) is 9.59 Å². The van der Waals surface area contributed by atoms with Gasteiger partial charge < -0.3 is 19.6 Å². The van der Waals surface area contributed by atoms with Gasteiger partial charge in [0.15, 0.2) is 6.10 Å². The molecule has 1 fully saturated rings. The largest absolute Gasteiger partial charge is 0.479 e. The highest BCUT2D eigenvalue weighted by molar-refractivity contribution is 6.34. The van der Waals surface area contributed by atoms with Gasteiger partial charge in [0.1, 0.15) is 0 Å². The minimum atomic E-state index is -1.14. The fourth-order valence-electron chi connectivity index (χ4n) is 5.77. The summed E-state index contributed by atoms with van der Waals surface area (Å²) < 4.78 is 6.14. The lowest BCUT2D eigenvalue weighted by molar-refractivity contribution is -0.160. The molecule has 2 aromatic carbocycles. The van der Waals surface area contributed by atoms with Gasteiger partial charge in [-0.05, 0) is 101 Å². The van der Waals surface area contributed by atoms with Crippen LogP contribution >= 0.6 is 0 Å². The molecule has 7 heteroatoms. The van der Waals surface area contributed by atoms with E-state index < -0.39 is 29.5 Å². The number of carbonyl (C=O) groups excluding carboxylic acids is 2. The summed E-state index contributed by atoms with van der Waals surface area (Å²) in [6, 6.07) is 8.05. The summed E-state index contributed by atoms with van der Waals surface area (Å²) >= 11 is 0. The summed E-state index contributed by atoms with van der Waals surface area (Å²) in [7, 11) is 0. The van der Waals surface area contributed by atoms with E-state index in [-0.39, 0.29) is 0 Å². The van der Waals surface area contributed by atoms with E-state index in [1.807, 2.05) is 65.8 Å².